The second-order valence-corrected chi connectivity index (χ2v) is 3.75. The number of aliphatic hydroxyl groups excluding tert-OH is 1. The Bertz CT molecular complexity index is 108. The van der Waals surface area contributed by atoms with Crippen LogP contribution in [-0.2, 0) is 0 Å². The minimum atomic E-state index is 0.326. The van der Waals surface area contributed by atoms with Gasteiger partial charge in [-0.15, -0.1) is 0 Å². The maximum absolute atomic E-state index is 8.79. The Morgan fingerprint density at radius 1 is 1.17 bits per heavy atom. The van der Waals surface area contributed by atoms with Gasteiger partial charge in [0.1, 0.15) is 0 Å². The molecule has 0 bridgehead atoms. The van der Waals surface area contributed by atoms with E-state index in [2.05, 4.69) is 27.7 Å². The van der Waals surface area contributed by atoms with Gasteiger partial charge in [-0.2, -0.15) is 0 Å². The van der Waals surface area contributed by atoms with E-state index in [4.69, 9.17) is 5.11 Å². The number of aliphatic hydroxyl groups is 1. The van der Waals surface area contributed by atoms with E-state index in [1.54, 1.807) is 0 Å². The Kier molecular flexibility index (Phi) is 5.51. The monoisotopic (exact) mass is 174 g/mol. The largest absolute Gasteiger partial charge is 0.396 e. The molecule has 0 radical (unpaired) electrons. The predicted octanol–water partition coefficient (Wildman–Crippen LogP) is 1.63. The lowest BCUT2D eigenvalue weighted by Crippen LogP contribution is -2.53. The summed E-state index contributed by atoms with van der Waals surface area (Å²) in [7, 11) is 0. The fourth-order valence-electron chi connectivity index (χ4n) is 1.91. The van der Waals surface area contributed by atoms with Crippen LogP contribution in [0.2, 0.25) is 0 Å². The van der Waals surface area contributed by atoms with E-state index < -0.39 is 0 Å². The Labute approximate surface area is 76.8 Å². The van der Waals surface area contributed by atoms with Gasteiger partial charge in [-0.05, 0) is 27.7 Å². The summed E-state index contributed by atoms with van der Waals surface area (Å²) in [5.41, 5.74) is 0. The van der Waals surface area contributed by atoms with E-state index in [1.807, 2.05) is 0 Å². The van der Waals surface area contributed by atoms with E-state index >= 15 is 0 Å². The first-order valence-electron chi connectivity index (χ1n) is 5.09. The third kappa shape index (κ3) is 2.76. The van der Waals surface area contributed by atoms with Crippen molar-refractivity contribution in [3.05, 3.63) is 0 Å². The van der Waals surface area contributed by atoms with Crippen molar-refractivity contribution < 1.29 is 9.59 Å². The molecule has 2 nitrogen and oxygen atoms in total. The minimum absolute atomic E-state index is 0.326. The summed E-state index contributed by atoms with van der Waals surface area (Å²) in [6, 6.07) is 0.673. The molecule has 0 fully saturated rings. The summed E-state index contributed by atoms with van der Waals surface area (Å²) in [5, 5.41) is 8.79. The topological polar surface area (TPSA) is 20.2 Å². The Hall–Kier alpha value is -0.0800. The number of rotatable bonds is 6. The third-order valence-electron chi connectivity index (χ3n) is 3.12. The maximum atomic E-state index is 8.79. The zero-order valence-corrected chi connectivity index (χ0v) is 9.01. The van der Waals surface area contributed by atoms with Crippen LogP contribution in [0.15, 0.2) is 0 Å². The number of quaternary nitrogens is 1. The van der Waals surface area contributed by atoms with Crippen LogP contribution in [0.4, 0.5) is 0 Å². The van der Waals surface area contributed by atoms with Gasteiger partial charge in [0.25, 0.3) is 0 Å². The molecular weight excluding hydrogens is 150 g/mol. The average Bonchev–Trinajstić information content (AvgIpc) is 2.07. The fraction of sp³-hybridized carbons (Fsp3) is 1.00. The van der Waals surface area contributed by atoms with E-state index in [9.17, 15) is 0 Å². The lowest BCUT2D eigenvalue weighted by molar-refractivity contribution is -0.944. The van der Waals surface area contributed by atoms with Gasteiger partial charge in [-0.3, -0.25) is 0 Å². The molecule has 0 aliphatic heterocycles. The van der Waals surface area contributed by atoms with Crippen molar-refractivity contribution >= 4 is 0 Å². The molecule has 0 aromatic carbocycles. The van der Waals surface area contributed by atoms with Gasteiger partial charge >= 0.3 is 0 Å². The first-order valence-corrected chi connectivity index (χ1v) is 5.09. The van der Waals surface area contributed by atoms with Crippen molar-refractivity contribution in [1.29, 1.82) is 0 Å². The van der Waals surface area contributed by atoms with Gasteiger partial charge in [0.2, 0.25) is 0 Å². The summed E-state index contributed by atoms with van der Waals surface area (Å²) < 4.78 is 1.14. The first kappa shape index (κ1) is 11.9. The Balaban J connectivity index is 4.15. The van der Waals surface area contributed by atoms with Crippen LogP contribution in [0.3, 0.4) is 0 Å². The molecular formula is C10H24NO+. The van der Waals surface area contributed by atoms with Crippen LogP contribution in [-0.4, -0.2) is 41.9 Å². The molecule has 0 saturated carbocycles. The highest BCUT2D eigenvalue weighted by atomic mass is 16.3. The molecule has 2 heteroatoms. The molecule has 0 unspecified atom stereocenters. The van der Waals surface area contributed by atoms with Crippen LogP contribution in [0.25, 0.3) is 0 Å². The van der Waals surface area contributed by atoms with Crippen LogP contribution >= 0.6 is 0 Å². The zero-order valence-electron chi connectivity index (χ0n) is 9.01. The summed E-state index contributed by atoms with van der Waals surface area (Å²) in [6.45, 7) is 12.8. The standard InChI is InChI=1S/C10H24NO/c1-5-11(6-2,10(3)4)8-7-9-12/h10,12H,5-9H2,1-4H3/q+1. The second-order valence-electron chi connectivity index (χ2n) is 3.75. The fourth-order valence-corrected chi connectivity index (χ4v) is 1.91. The van der Waals surface area contributed by atoms with Crippen molar-refractivity contribution in [3.8, 4) is 0 Å². The quantitative estimate of drug-likeness (QED) is 0.607. The normalized spacial score (nSPS) is 12.5. The molecule has 74 valence electrons. The SMILES string of the molecule is CC[N+](CC)(CCCO)C(C)C. The first-order chi connectivity index (χ1) is 5.63. The molecule has 0 atom stereocenters. The zero-order chi connectivity index (χ0) is 9.61. The lowest BCUT2D eigenvalue weighted by atomic mass is 10.2. The number of hydrogen-bond acceptors (Lipinski definition) is 1. The molecule has 1 N–H and O–H groups in total. The smallest absolute Gasteiger partial charge is 0.0833 e. The Morgan fingerprint density at radius 2 is 1.67 bits per heavy atom. The molecule has 12 heavy (non-hydrogen) atoms. The molecule has 0 heterocycles. The van der Waals surface area contributed by atoms with Crippen molar-refractivity contribution in [3.63, 3.8) is 0 Å². The van der Waals surface area contributed by atoms with E-state index in [-0.39, 0.29) is 0 Å². The summed E-state index contributed by atoms with van der Waals surface area (Å²) in [6.07, 6.45) is 0.930. The third-order valence-corrected chi connectivity index (χ3v) is 3.12. The van der Waals surface area contributed by atoms with Crippen LogP contribution in [0, 0.1) is 0 Å². The predicted molar refractivity (Wildman–Crippen MR) is 53.0 cm³/mol. The number of nitrogens with zero attached hydrogens (tertiary/aromatic N) is 1. The van der Waals surface area contributed by atoms with Crippen LogP contribution in [0.5, 0.6) is 0 Å². The van der Waals surface area contributed by atoms with Crippen molar-refractivity contribution in [2.75, 3.05) is 26.2 Å². The molecule has 0 rings (SSSR count). The number of hydrogen-bond donors (Lipinski definition) is 1. The van der Waals surface area contributed by atoms with Crippen LogP contribution < -0.4 is 0 Å². The summed E-state index contributed by atoms with van der Waals surface area (Å²) >= 11 is 0. The molecule has 0 aromatic heterocycles. The van der Waals surface area contributed by atoms with Gasteiger partial charge in [0, 0.05) is 13.0 Å². The van der Waals surface area contributed by atoms with E-state index in [0.717, 1.165) is 17.4 Å². The molecule has 0 aromatic rings. The Morgan fingerprint density at radius 3 is 1.92 bits per heavy atom. The summed E-state index contributed by atoms with van der Waals surface area (Å²) in [5.74, 6) is 0. The van der Waals surface area contributed by atoms with Crippen LogP contribution in [0.1, 0.15) is 34.1 Å². The second kappa shape index (κ2) is 5.55. The van der Waals surface area contributed by atoms with E-state index in [0.29, 0.717) is 12.6 Å². The van der Waals surface area contributed by atoms with Crippen molar-refractivity contribution in [2.24, 2.45) is 0 Å². The lowest BCUT2D eigenvalue weighted by Gasteiger charge is -2.40. The van der Waals surface area contributed by atoms with Gasteiger partial charge < -0.3 is 9.59 Å². The van der Waals surface area contributed by atoms with Gasteiger partial charge in [0.05, 0.1) is 25.7 Å². The molecule has 0 aliphatic rings. The summed E-state index contributed by atoms with van der Waals surface area (Å²) in [4.78, 5) is 0. The molecule has 0 saturated heterocycles. The maximum Gasteiger partial charge on any atom is 0.0833 e. The van der Waals surface area contributed by atoms with Gasteiger partial charge in [0.15, 0.2) is 0 Å². The highest BCUT2D eigenvalue weighted by Crippen LogP contribution is 2.13. The molecule has 0 amide bonds. The average molecular weight is 174 g/mol. The van der Waals surface area contributed by atoms with Crippen molar-refractivity contribution in [2.45, 2.75) is 40.2 Å². The van der Waals surface area contributed by atoms with Gasteiger partial charge in [-0.25, -0.2) is 0 Å². The van der Waals surface area contributed by atoms with Gasteiger partial charge in [-0.1, -0.05) is 0 Å². The van der Waals surface area contributed by atoms with Crippen molar-refractivity contribution in [1.82, 2.24) is 0 Å². The van der Waals surface area contributed by atoms with E-state index in [1.165, 1.54) is 13.1 Å². The minimum Gasteiger partial charge on any atom is -0.396 e. The highest BCUT2D eigenvalue weighted by molar-refractivity contribution is 4.47. The highest BCUT2D eigenvalue weighted by Gasteiger charge is 2.25. The molecule has 0 spiro atoms. The molecule has 0 aliphatic carbocycles.